The minimum atomic E-state index is -0.538. The van der Waals surface area contributed by atoms with Gasteiger partial charge in [0.2, 0.25) is 0 Å². The van der Waals surface area contributed by atoms with Gasteiger partial charge in [0, 0.05) is 20.3 Å². The van der Waals surface area contributed by atoms with Gasteiger partial charge >= 0.3 is 0 Å². The highest BCUT2D eigenvalue weighted by atomic mass is 16.5. The van der Waals surface area contributed by atoms with E-state index in [1.165, 1.54) is 0 Å². The smallest absolute Gasteiger partial charge is 0.274 e. The number of carbonyl (C=O) groups is 1. The van der Waals surface area contributed by atoms with Crippen molar-refractivity contribution < 1.29 is 12.4 Å². The van der Waals surface area contributed by atoms with E-state index in [1.54, 1.807) is 48.5 Å². The van der Waals surface area contributed by atoms with Crippen molar-refractivity contribution in [2.24, 2.45) is 0 Å². The van der Waals surface area contributed by atoms with Gasteiger partial charge in [-0.1, -0.05) is 30.3 Å². The van der Waals surface area contributed by atoms with Crippen LogP contribution >= 0.6 is 0 Å². The predicted molar refractivity (Wildman–Crippen MR) is 105 cm³/mol. The van der Waals surface area contributed by atoms with Gasteiger partial charge in [-0.2, -0.15) is 5.10 Å². The highest BCUT2D eigenvalue weighted by Gasteiger charge is 2.15. The van der Waals surface area contributed by atoms with Crippen LogP contribution in [0.3, 0.4) is 0 Å². The van der Waals surface area contributed by atoms with Crippen LogP contribution in [0.4, 0.5) is 11.4 Å². The summed E-state index contributed by atoms with van der Waals surface area (Å²) in [5.41, 5.74) is 7.95. The van der Waals surface area contributed by atoms with Gasteiger partial charge < -0.3 is 15.8 Å². The van der Waals surface area contributed by atoms with E-state index in [4.69, 9.17) is 15.9 Å². The van der Waals surface area contributed by atoms with Gasteiger partial charge in [-0.15, -0.1) is 0 Å². The molecular formula is C19H23N5O2. The van der Waals surface area contributed by atoms with Crippen LogP contribution in [0.25, 0.3) is 0 Å². The van der Waals surface area contributed by atoms with E-state index in [9.17, 15) is 4.79 Å². The minimum Gasteiger partial charge on any atom is -0.497 e. The molecule has 1 amide bonds. The molecule has 0 saturated heterocycles. The normalized spacial score (nSPS) is 10.3. The minimum absolute atomic E-state index is 0. The number of hydrogen-bond acceptors (Lipinski definition) is 5. The van der Waals surface area contributed by atoms with Crippen LogP contribution in [0.15, 0.2) is 60.9 Å². The molecule has 3 rings (SSSR count). The number of ether oxygens (including phenoxy) is 1. The molecule has 0 spiro atoms. The number of para-hydroxylation sites is 1. The number of nitrogens with two attached hydrogens (primary N) is 1. The first-order chi connectivity index (χ1) is 12.6. The summed E-state index contributed by atoms with van der Waals surface area (Å²) in [6, 6.07) is 14.5. The lowest BCUT2D eigenvalue weighted by Gasteiger charge is -2.07. The molecule has 0 saturated carbocycles. The van der Waals surface area contributed by atoms with Gasteiger partial charge in [-0.25, -0.2) is 0 Å². The second-order valence-corrected chi connectivity index (χ2v) is 5.69. The third kappa shape index (κ3) is 3.89. The first kappa shape index (κ1) is 17.2. The van der Waals surface area contributed by atoms with Crippen molar-refractivity contribution in [1.82, 2.24) is 9.78 Å². The summed E-state index contributed by atoms with van der Waals surface area (Å²) in [4.78, 5) is 12.3. The van der Waals surface area contributed by atoms with Crippen molar-refractivity contribution in [1.29, 1.82) is 5.41 Å². The number of nitrogens with one attached hydrogen (secondary N) is 2. The third-order valence-corrected chi connectivity index (χ3v) is 3.83. The Kier molecular flexibility index (Phi) is 4.98. The summed E-state index contributed by atoms with van der Waals surface area (Å²) in [5, 5.41) is 14.9. The van der Waals surface area contributed by atoms with Crippen molar-refractivity contribution in [2.75, 3.05) is 18.2 Å². The Balaban J connectivity index is 0.00000196. The molecule has 0 unspecified atom stereocenters. The topological polar surface area (TPSA) is 106 Å². The molecule has 0 atom stereocenters. The fourth-order valence-electron chi connectivity index (χ4n) is 2.51. The quantitative estimate of drug-likeness (QED) is 0.468. The lowest BCUT2D eigenvalue weighted by molar-refractivity contribution is -0.110. The van der Waals surface area contributed by atoms with E-state index in [0.717, 1.165) is 11.3 Å². The zero-order valence-corrected chi connectivity index (χ0v) is 14.3. The van der Waals surface area contributed by atoms with E-state index in [1.807, 2.05) is 24.3 Å². The summed E-state index contributed by atoms with van der Waals surface area (Å²) in [7, 11) is 1.62. The Morgan fingerprint density at radius 2 is 2.12 bits per heavy atom. The average Bonchev–Trinajstić information content (AvgIpc) is 3.08. The maximum absolute atomic E-state index is 12.3. The van der Waals surface area contributed by atoms with E-state index in [2.05, 4.69) is 10.4 Å². The lowest BCUT2D eigenvalue weighted by Crippen LogP contribution is -2.23. The monoisotopic (exact) mass is 353 g/mol. The van der Waals surface area contributed by atoms with Crippen LogP contribution in [-0.2, 0) is 11.3 Å². The summed E-state index contributed by atoms with van der Waals surface area (Å²) in [5.74, 6) is 0.237. The first-order valence-corrected chi connectivity index (χ1v) is 7.97. The van der Waals surface area contributed by atoms with Crippen LogP contribution in [0, 0.1) is 5.41 Å². The molecule has 2 aromatic carbocycles. The van der Waals surface area contributed by atoms with E-state index in [0.29, 0.717) is 23.5 Å². The molecule has 0 aliphatic heterocycles. The Labute approximate surface area is 153 Å². The summed E-state index contributed by atoms with van der Waals surface area (Å²) >= 11 is 0. The second-order valence-electron chi connectivity index (χ2n) is 5.69. The third-order valence-electron chi connectivity index (χ3n) is 3.83. The number of hydrogen-bond donors (Lipinski definition) is 3. The average molecular weight is 353 g/mol. The SMILES string of the molecule is COc1cccc(Cn2cc(NC(=O)C(=N)c3ccccc3N)cn2)c1.[HH].[HH]. The number of anilines is 2. The second kappa shape index (κ2) is 7.52. The fourth-order valence-corrected chi connectivity index (χ4v) is 2.51. The largest absolute Gasteiger partial charge is 0.497 e. The Morgan fingerprint density at radius 3 is 2.88 bits per heavy atom. The zero-order chi connectivity index (χ0) is 18.5. The highest BCUT2D eigenvalue weighted by molar-refractivity contribution is 6.48. The number of aromatic nitrogens is 2. The highest BCUT2D eigenvalue weighted by Crippen LogP contribution is 2.15. The molecule has 0 aliphatic rings. The zero-order valence-electron chi connectivity index (χ0n) is 14.3. The van der Waals surface area contributed by atoms with E-state index in [-0.39, 0.29) is 8.56 Å². The number of amides is 1. The number of benzene rings is 2. The lowest BCUT2D eigenvalue weighted by atomic mass is 10.1. The molecule has 0 radical (unpaired) electrons. The van der Waals surface area contributed by atoms with E-state index < -0.39 is 5.91 Å². The van der Waals surface area contributed by atoms with Gasteiger partial charge in [0.1, 0.15) is 11.5 Å². The molecule has 1 heterocycles. The van der Waals surface area contributed by atoms with Crippen molar-refractivity contribution in [3.05, 3.63) is 72.1 Å². The van der Waals surface area contributed by atoms with Gasteiger partial charge in [-0.05, 0) is 23.8 Å². The molecule has 26 heavy (non-hydrogen) atoms. The Morgan fingerprint density at radius 1 is 1.31 bits per heavy atom. The molecule has 7 heteroatoms. The summed E-state index contributed by atoms with van der Waals surface area (Å²) in [6.07, 6.45) is 3.25. The van der Waals surface area contributed by atoms with Crippen LogP contribution in [-0.4, -0.2) is 28.5 Å². The standard InChI is InChI=1S/C19H19N5O2.2H2/c1-26-15-6-4-5-13(9-15)11-24-12-14(10-22-24)23-19(25)18(21)16-7-2-3-8-17(16)20;;/h2-10,12,21H,11,20H2,1H3,(H,23,25);2*1H. The van der Waals surface area contributed by atoms with E-state index >= 15 is 0 Å². The van der Waals surface area contributed by atoms with Crippen LogP contribution < -0.4 is 15.8 Å². The number of carbonyl (C=O) groups excluding carboxylic acids is 1. The Hall–Kier alpha value is -3.61. The number of rotatable bonds is 6. The Bertz CT molecular complexity index is 959. The van der Waals surface area contributed by atoms with Crippen molar-refractivity contribution in [3.63, 3.8) is 0 Å². The van der Waals surface area contributed by atoms with Crippen LogP contribution in [0.5, 0.6) is 5.75 Å². The molecule has 136 valence electrons. The predicted octanol–water partition coefficient (Wildman–Crippen LogP) is 3.02. The maximum Gasteiger partial charge on any atom is 0.274 e. The molecule has 4 N–H and O–H groups in total. The van der Waals surface area contributed by atoms with Gasteiger partial charge in [-0.3, -0.25) is 14.9 Å². The molecule has 0 fully saturated rings. The van der Waals surface area contributed by atoms with Gasteiger partial charge in [0.05, 0.1) is 25.5 Å². The summed E-state index contributed by atoms with van der Waals surface area (Å²) in [6.45, 7) is 0.538. The molecular weight excluding hydrogens is 330 g/mol. The molecule has 3 aromatic rings. The fraction of sp³-hybridized carbons (Fsp3) is 0.105. The number of methoxy groups -OCH3 is 1. The molecule has 7 nitrogen and oxygen atoms in total. The van der Waals surface area contributed by atoms with Crippen LogP contribution in [0.1, 0.15) is 14.0 Å². The number of nitrogen functional groups attached to an aromatic ring is 1. The van der Waals surface area contributed by atoms with Crippen molar-refractivity contribution in [3.8, 4) is 5.75 Å². The van der Waals surface area contributed by atoms with Gasteiger partial charge in [0.15, 0.2) is 0 Å². The number of nitrogens with zero attached hydrogens (tertiary/aromatic N) is 2. The van der Waals surface area contributed by atoms with Crippen molar-refractivity contribution >= 4 is 23.0 Å². The summed E-state index contributed by atoms with van der Waals surface area (Å²) < 4.78 is 6.91. The van der Waals surface area contributed by atoms with Crippen LogP contribution in [0.2, 0.25) is 0 Å². The first-order valence-electron chi connectivity index (χ1n) is 7.97. The molecule has 1 aromatic heterocycles. The van der Waals surface area contributed by atoms with Gasteiger partial charge in [0.25, 0.3) is 5.91 Å². The molecule has 0 aliphatic carbocycles. The van der Waals surface area contributed by atoms with Crippen molar-refractivity contribution in [2.45, 2.75) is 6.54 Å². The molecule has 0 bridgehead atoms. The maximum atomic E-state index is 12.3.